The number of aromatic amines is 1. The Labute approximate surface area is 215 Å². The van der Waals surface area contributed by atoms with Crippen LogP contribution in [0.4, 0.5) is 5.69 Å². The number of rotatable bonds is 9. The molecule has 37 heavy (non-hydrogen) atoms. The molecule has 3 N–H and O–H groups in total. The number of hydrogen-bond donors (Lipinski definition) is 3. The Kier molecular flexibility index (Phi) is 7.69. The van der Waals surface area contributed by atoms with Gasteiger partial charge in [-0.05, 0) is 79.9 Å². The molecule has 2 heterocycles. The highest BCUT2D eigenvalue weighted by Crippen LogP contribution is 2.40. The summed E-state index contributed by atoms with van der Waals surface area (Å²) < 4.78 is 10.9. The number of amides is 1. The summed E-state index contributed by atoms with van der Waals surface area (Å²) in [5.74, 6) is -0.123. The number of aliphatic hydroxyl groups is 1. The third kappa shape index (κ3) is 5.70. The van der Waals surface area contributed by atoms with Gasteiger partial charge in [-0.1, -0.05) is 18.7 Å². The highest BCUT2D eigenvalue weighted by atomic mass is 16.5. The van der Waals surface area contributed by atoms with Gasteiger partial charge in [0.2, 0.25) is 5.91 Å². The number of nitrogens with one attached hydrogen (secondary N) is 2. The van der Waals surface area contributed by atoms with E-state index < -0.39 is 5.97 Å². The van der Waals surface area contributed by atoms with Crippen molar-refractivity contribution in [2.75, 3.05) is 18.5 Å². The first kappa shape index (κ1) is 25.7. The van der Waals surface area contributed by atoms with Crippen molar-refractivity contribution in [3.8, 4) is 28.1 Å². The summed E-state index contributed by atoms with van der Waals surface area (Å²) in [4.78, 5) is 32.6. The molecule has 0 saturated heterocycles. The number of carbonyl (C=O) groups excluding carboxylic acids is 2. The lowest BCUT2D eigenvalue weighted by atomic mass is 9.96. The first-order valence-electron chi connectivity index (χ1n) is 11.9. The minimum Gasteiger partial charge on any atom is -0.491 e. The van der Waals surface area contributed by atoms with Crippen LogP contribution in [-0.2, 0) is 9.53 Å². The first-order chi connectivity index (χ1) is 17.8. The van der Waals surface area contributed by atoms with E-state index in [9.17, 15) is 9.59 Å². The monoisotopic (exact) mass is 499 g/mol. The zero-order chi connectivity index (χ0) is 26.5. The largest absolute Gasteiger partial charge is 0.491 e. The molecule has 0 fully saturated rings. The number of nitrogens with zero attached hydrogens (tertiary/aromatic N) is 1. The number of anilines is 1. The first-order valence-corrected chi connectivity index (χ1v) is 11.9. The van der Waals surface area contributed by atoms with Gasteiger partial charge in [-0.25, -0.2) is 9.78 Å². The van der Waals surface area contributed by atoms with E-state index in [0.717, 1.165) is 33.3 Å². The van der Waals surface area contributed by atoms with Crippen molar-refractivity contribution < 1.29 is 24.2 Å². The number of aryl methyl sites for hydroxylation is 1. The van der Waals surface area contributed by atoms with Crippen LogP contribution in [0.5, 0.6) is 5.75 Å². The van der Waals surface area contributed by atoms with Crippen molar-refractivity contribution in [2.45, 2.75) is 26.9 Å². The molecule has 8 heteroatoms. The van der Waals surface area contributed by atoms with Crippen LogP contribution in [0.2, 0.25) is 0 Å². The minimum atomic E-state index is -0.452. The number of ether oxygens (including phenoxy) is 2. The number of carbonyl (C=O) groups is 2. The van der Waals surface area contributed by atoms with E-state index in [1.807, 2.05) is 49.4 Å². The lowest BCUT2D eigenvalue weighted by Crippen LogP contribution is -2.11. The quantitative estimate of drug-likeness (QED) is 0.214. The summed E-state index contributed by atoms with van der Waals surface area (Å²) in [6.07, 6.45) is 2.46. The number of fused-ring (bicyclic) bond motifs is 1. The van der Waals surface area contributed by atoms with Crippen molar-refractivity contribution in [3.05, 3.63) is 78.5 Å². The number of esters is 1. The summed E-state index contributed by atoms with van der Waals surface area (Å²) in [6.45, 7) is 9.17. The fourth-order valence-electron chi connectivity index (χ4n) is 3.96. The summed E-state index contributed by atoms with van der Waals surface area (Å²) in [6, 6.07) is 15.0. The van der Waals surface area contributed by atoms with E-state index in [0.29, 0.717) is 22.6 Å². The fraction of sp³-hybridized carbons (Fsp3) is 0.207. The average Bonchev–Trinajstić information content (AvgIpc) is 3.27. The maximum absolute atomic E-state index is 12.6. The second-order valence-corrected chi connectivity index (χ2v) is 8.77. The summed E-state index contributed by atoms with van der Waals surface area (Å²) in [7, 11) is 0. The van der Waals surface area contributed by atoms with E-state index >= 15 is 0 Å². The minimum absolute atomic E-state index is 0.0701. The fourth-order valence-corrected chi connectivity index (χ4v) is 3.96. The van der Waals surface area contributed by atoms with Gasteiger partial charge < -0.3 is 24.9 Å². The number of aromatic nitrogens is 2. The SMILES string of the molecule is C=CC(=O)Nc1cc(-c2c(-c3ccc(OCCO)cc3)[nH]c3ncc(C(=O)OC(C)C)cc23)ccc1C. The van der Waals surface area contributed by atoms with Crippen molar-refractivity contribution >= 4 is 28.6 Å². The molecule has 0 aliphatic heterocycles. The van der Waals surface area contributed by atoms with Crippen molar-refractivity contribution in [1.29, 1.82) is 0 Å². The van der Waals surface area contributed by atoms with Crippen LogP contribution in [0, 0.1) is 6.92 Å². The lowest BCUT2D eigenvalue weighted by molar-refractivity contribution is -0.111. The summed E-state index contributed by atoms with van der Waals surface area (Å²) in [5, 5.41) is 12.6. The predicted octanol–water partition coefficient (Wildman–Crippen LogP) is 5.27. The Morgan fingerprint density at radius 3 is 2.54 bits per heavy atom. The molecule has 0 radical (unpaired) electrons. The normalized spacial score (nSPS) is 10.9. The van der Waals surface area contributed by atoms with E-state index in [1.54, 1.807) is 19.9 Å². The van der Waals surface area contributed by atoms with Crippen LogP contribution in [0.1, 0.15) is 29.8 Å². The third-order valence-corrected chi connectivity index (χ3v) is 5.70. The van der Waals surface area contributed by atoms with Crippen LogP contribution in [0.25, 0.3) is 33.4 Å². The Balaban J connectivity index is 1.89. The molecule has 0 bridgehead atoms. The molecule has 1 amide bonds. The molecule has 0 spiro atoms. The maximum Gasteiger partial charge on any atom is 0.339 e. The van der Waals surface area contributed by atoms with Gasteiger partial charge in [0.1, 0.15) is 18.0 Å². The maximum atomic E-state index is 12.6. The topological polar surface area (TPSA) is 114 Å². The second kappa shape index (κ2) is 11.1. The highest BCUT2D eigenvalue weighted by molar-refractivity contribution is 6.06. The van der Waals surface area contributed by atoms with Gasteiger partial charge in [-0.15, -0.1) is 0 Å². The molecule has 4 aromatic rings. The Bertz CT molecular complexity index is 1450. The van der Waals surface area contributed by atoms with Gasteiger partial charge in [0.15, 0.2) is 0 Å². The molecule has 2 aromatic carbocycles. The average molecular weight is 500 g/mol. The van der Waals surface area contributed by atoms with Crippen molar-refractivity contribution in [1.82, 2.24) is 9.97 Å². The van der Waals surface area contributed by atoms with Crippen LogP contribution in [0.3, 0.4) is 0 Å². The summed E-state index contributed by atoms with van der Waals surface area (Å²) in [5.41, 5.74) is 5.78. The van der Waals surface area contributed by atoms with Gasteiger partial charge in [0.25, 0.3) is 0 Å². The zero-order valence-electron chi connectivity index (χ0n) is 21.0. The number of pyridine rings is 1. The molecule has 8 nitrogen and oxygen atoms in total. The highest BCUT2D eigenvalue weighted by Gasteiger charge is 2.20. The van der Waals surface area contributed by atoms with Gasteiger partial charge in [0, 0.05) is 22.8 Å². The number of H-pyrrole nitrogens is 1. The molecule has 0 aliphatic carbocycles. The van der Waals surface area contributed by atoms with Crippen molar-refractivity contribution in [3.63, 3.8) is 0 Å². The lowest BCUT2D eigenvalue weighted by Gasteiger charge is -2.12. The molecule has 0 saturated carbocycles. The van der Waals surface area contributed by atoms with Gasteiger partial charge in [-0.3, -0.25) is 4.79 Å². The van der Waals surface area contributed by atoms with Crippen LogP contribution >= 0.6 is 0 Å². The number of hydrogen-bond acceptors (Lipinski definition) is 6. The van der Waals surface area contributed by atoms with Crippen molar-refractivity contribution in [2.24, 2.45) is 0 Å². The molecule has 0 atom stereocenters. The molecule has 2 aromatic heterocycles. The Hall–Kier alpha value is -4.43. The number of benzene rings is 2. The van der Waals surface area contributed by atoms with Crippen LogP contribution < -0.4 is 10.1 Å². The molecule has 4 rings (SSSR count). The molecular weight excluding hydrogens is 470 g/mol. The van der Waals surface area contributed by atoms with Gasteiger partial charge >= 0.3 is 5.97 Å². The third-order valence-electron chi connectivity index (χ3n) is 5.70. The van der Waals surface area contributed by atoms with Gasteiger partial charge in [-0.2, -0.15) is 0 Å². The van der Waals surface area contributed by atoms with E-state index in [2.05, 4.69) is 21.9 Å². The van der Waals surface area contributed by atoms with Crippen LogP contribution in [-0.4, -0.2) is 46.3 Å². The standard InChI is InChI=1S/C29H29N3O5/c1-5-25(34)31-24-15-20(7-6-18(24)4)26-23-14-21(29(35)37-17(2)3)16-30-28(23)32-27(26)19-8-10-22(11-9-19)36-13-12-33/h5-11,14-17,33H,1,12-13H2,2-4H3,(H,30,32)(H,31,34). The van der Waals surface area contributed by atoms with E-state index in [-0.39, 0.29) is 25.2 Å². The molecular formula is C29H29N3O5. The second-order valence-electron chi connectivity index (χ2n) is 8.77. The van der Waals surface area contributed by atoms with Crippen LogP contribution in [0.15, 0.2) is 67.4 Å². The molecule has 0 unspecified atom stereocenters. The number of aliphatic hydroxyl groups excluding tert-OH is 1. The van der Waals surface area contributed by atoms with Gasteiger partial charge in [0.05, 0.1) is 24.0 Å². The van der Waals surface area contributed by atoms with E-state index in [1.165, 1.54) is 12.3 Å². The zero-order valence-corrected chi connectivity index (χ0v) is 21.0. The predicted molar refractivity (Wildman–Crippen MR) is 144 cm³/mol. The summed E-state index contributed by atoms with van der Waals surface area (Å²) >= 11 is 0. The molecule has 0 aliphatic rings. The Morgan fingerprint density at radius 1 is 1.14 bits per heavy atom. The Morgan fingerprint density at radius 2 is 1.86 bits per heavy atom. The molecule has 190 valence electrons. The van der Waals surface area contributed by atoms with E-state index in [4.69, 9.17) is 14.6 Å². The smallest absolute Gasteiger partial charge is 0.339 e.